The molecule has 18 heavy (non-hydrogen) atoms. The summed E-state index contributed by atoms with van der Waals surface area (Å²) in [4.78, 5) is 22.3. The summed E-state index contributed by atoms with van der Waals surface area (Å²) in [5, 5.41) is 19.9. The van der Waals surface area contributed by atoms with E-state index in [-0.39, 0.29) is 28.0 Å². The Hall–Kier alpha value is -1.53. The van der Waals surface area contributed by atoms with Crippen LogP contribution < -0.4 is 4.90 Å². The molecule has 0 aliphatic heterocycles. The first-order valence-electron chi connectivity index (χ1n) is 4.97. The first-order chi connectivity index (χ1) is 8.36. The van der Waals surface area contributed by atoms with E-state index in [2.05, 4.69) is 0 Å². The van der Waals surface area contributed by atoms with Crippen molar-refractivity contribution in [2.45, 2.75) is 6.92 Å². The van der Waals surface area contributed by atoms with Crippen molar-refractivity contribution in [2.24, 2.45) is 0 Å². The third-order valence-corrected chi connectivity index (χ3v) is 2.98. The second-order valence-corrected chi connectivity index (χ2v) is 4.23. The minimum Gasteiger partial charge on any atom is -0.480 e. The van der Waals surface area contributed by atoms with Crippen molar-refractivity contribution >= 4 is 40.5 Å². The number of anilines is 1. The molecule has 6 nitrogen and oxygen atoms in total. The Bertz CT molecular complexity index is 493. The van der Waals surface area contributed by atoms with Crippen molar-refractivity contribution in [3.63, 3.8) is 0 Å². The highest BCUT2D eigenvalue weighted by Gasteiger charge is 2.22. The Kier molecular flexibility index (Phi) is 4.75. The molecule has 1 aromatic carbocycles. The molecule has 1 aromatic rings. The van der Waals surface area contributed by atoms with Crippen LogP contribution in [-0.2, 0) is 4.79 Å². The molecule has 0 radical (unpaired) electrons. The zero-order chi connectivity index (χ0) is 13.9. The van der Waals surface area contributed by atoms with Crippen LogP contribution in [-0.4, -0.2) is 29.1 Å². The van der Waals surface area contributed by atoms with Crippen molar-refractivity contribution in [3.8, 4) is 0 Å². The molecule has 0 heterocycles. The molecular weight excluding hydrogens is 283 g/mol. The second kappa shape index (κ2) is 5.88. The van der Waals surface area contributed by atoms with Gasteiger partial charge in [-0.15, -0.1) is 0 Å². The van der Waals surface area contributed by atoms with E-state index in [0.717, 1.165) is 6.07 Å². The van der Waals surface area contributed by atoms with E-state index in [4.69, 9.17) is 28.3 Å². The average molecular weight is 293 g/mol. The number of nitro groups is 1. The summed E-state index contributed by atoms with van der Waals surface area (Å²) in [6, 6.07) is 2.41. The van der Waals surface area contributed by atoms with Gasteiger partial charge in [-0.2, -0.15) is 0 Å². The fraction of sp³-hybridized carbons (Fsp3) is 0.300. The van der Waals surface area contributed by atoms with Crippen LogP contribution >= 0.6 is 23.2 Å². The van der Waals surface area contributed by atoms with E-state index in [1.54, 1.807) is 6.92 Å². The largest absolute Gasteiger partial charge is 0.480 e. The number of carbonyl (C=O) groups is 1. The number of carboxylic acids is 1. The minimum atomic E-state index is -1.09. The molecular formula is C10H10Cl2N2O4. The standard InChI is InChI=1S/C10H10Cl2N2O4/c1-2-13(5-10(15)16)8-3-6(11)7(12)4-9(8)14(17)18/h3-4H,2,5H2,1H3,(H,15,16). The number of nitro benzene ring substituents is 1. The van der Waals surface area contributed by atoms with Crippen LogP contribution in [0.2, 0.25) is 10.0 Å². The van der Waals surface area contributed by atoms with Crippen LogP contribution in [0.5, 0.6) is 0 Å². The number of nitrogens with zero attached hydrogens (tertiary/aromatic N) is 2. The van der Waals surface area contributed by atoms with Gasteiger partial charge in [-0.3, -0.25) is 14.9 Å². The Morgan fingerprint density at radius 3 is 2.44 bits per heavy atom. The van der Waals surface area contributed by atoms with Crippen molar-refractivity contribution in [3.05, 3.63) is 32.3 Å². The van der Waals surface area contributed by atoms with Gasteiger partial charge in [0.15, 0.2) is 0 Å². The number of aliphatic carboxylic acids is 1. The highest BCUT2D eigenvalue weighted by Crippen LogP contribution is 2.36. The van der Waals surface area contributed by atoms with Crippen LogP contribution in [0.1, 0.15) is 6.92 Å². The lowest BCUT2D eigenvalue weighted by Gasteiger charge is -2.20. The summed E-state index contributed by atoms with van der Waals surface area (Å²) >= 11 is 11.5. The first kappa shape index (κ1) is 14.5. The van der Waals surface area contributed by atoms with Gasteiger partial charge in [0, 0.05) is 12.6 Å². The van der Waals surface area contributed by atoms with E-state index < -0.39 is 10.9 Å². The molecule has 0 amide bonds. The lowest BCUT2D eigenvalue weighted by Crippen LogP contribution is -2.29. The molecule has 0 saturated heterocycles. The smallest absolute Gasteiger partial charge is 0.323 e. The summed E-state index contributed by atoms with van der Waals surface area (Å²) in [5.74, 6) is -1.09. The topological polar surface area (TPSA) is 83.7 Å². The monoisotopic (exact) mass is 292 g/mol. The number of likely N-dealkylation sites (N-methyl/N-ethyl adjacent to an activating group) is 1. The maximum absolute atomic E-state index is 10.9. The van der Waals surface area contributed by atoms with Crippen molar-refractivity contribution in [2.75, 3.05) is 18.0 Å². The van der Waals surface area contributed by atoms with Gasteiger partial charge in [0.1, 0.15) is 12.2 Å². The number of benzene rings is 1. The van der Waals surface area contributed by atoms with Crippen LogP contribution in [0.3, 0.4) is 0 Å². The predicted molar refractivity (Wildman–Crippen MR) is 68.6 cm³/mol. The van der Waals surface area contributed by atoms with Gasteiger partial charge in [-0.25, -0.2) is 0 Å². The van der Waals surface area contributed by atoms with E-state index in [9.17, 15) is 14.9 Å². The van der Waals surface area contributed by atoms with Crippen LogP contribution in [0.4, 0.5) is 11.4 Å². The second-order valence-electron chi connectivity index (χ2n) is 3.42. The zero-order valence-corrected chi connectivity index (χ0v) is 10.9. The summed E-state index contributed by atoms with van der Waals surface area (Å²) < 4.78 is 0. The molecule has 0 aromatic heterocycles. The zero-order valence-electron chi connectivity index (χ0n) is 9.39. The Labute approximate surface area is 113 Å². The SMILES string of the molecule is CCN(CC(=O)O)c1cc(Cl)c(Cl)cc1[N+](=O)[O-]. The minimum absolute atomic E-state index is 0.0542. The van der Waals surface area contributed by atoms with Gasteiger partial charge in [0.2, 0.25) is 0 Å². The van der Waals surface area contributed by atoms with Gasteiger partial charge in [0.05, 0.1) is 15.0 Å². The molecule has 98 valence electrons. The molecule has 0 fully saturated rings. The van der Waals surface area contributed by atoms with Gasteiger partial charge in [-0.1, -0.05) is 23.2 Å². The van der Waals surface area contributed by atoms with Crippen molar-refractivity contribution in [1.29, 1.82) is 0 Å². The maximum atomic E-state index is 10.9. The maximum Gasteiger partial charge on any atom is 0.323 e. The average Bonchev–Trinajstić information content (AvgIpc) is 2.28. The number of carboxylic acid groups (broad SMARTS) is 1. The van der Waals surface area contributed by atoms with Gasteiger partial charge < -0.3 is 10.0 Å². The molecule has 0 saturated carbocycles. The van der Waals surface area contributed by atoms with Crippen molar-refractivity contribution in [1.82, 2.24) is 0 Å². The lowest BCUT2D eigenvalue weighted by atomic mass is 10.2. The number of rotatable bonds is 5. The van der Waals surface area contributed by atoms with Crippen LogP contribution in [0, 0.1) is 10.1 Å². The van der Waals surface area contributed by atoms with E-state index in [1.165, 1.54) is 11.0 Å². The summed E-state index contributed by atoms with van der Waals surface area (Å²) in [7, 11) is 0. The van der Waals surface area contributed by atoms with Crippen LogP contribution in [0.15, 0.2) is 12.1 Å². The third kappa shape index (κ3) is 3.24. The molecule has 0 spiro atoms. The van der Waals surface area contributed by atoms with E-state index in [1.807, 2.05) is 0 Å². The van der Waals surface area contributed by atoms with Gasteiger partial charge in [-0.05, 0) is 13.0 Å². The van der Waals surface area contributed by atoms with E-state index in [0.29, 0.717) is 6.54 Å². The molecule has 0 atom stereocenters. The van der Waals surface area contributed by atoms with Gasteiger partial charge >= 0.3 is 5.97 Å². The molecule has 1 N–H and O–H groups in total. The highest BCUT2D eigenvalue weighted by molar-refractivity contribution is 6.42. The first-order valence-corrected chi connectivity index (χ1v) is 5.72. The molecule has 0 bridgehead atoms. The Morgan fingerprint density at radius 1 is 1.44 bits per heavy atom. The third-order valence-electron chi connectivity index (χ3n) is 2.26. The van der Waals surface area contributed by atoms with Crippen molar-refractivity contribution < 1.29 is 14.8 Å². The molecule has 0 aliphatic carbocycles. The van der Waals surface area contributed by atoms with Crippen LogP contribution in [0.25, 0.3) is 0 Å². The number of halogens is 2. The summed E-state index contributed by atoms with van der Waals surface area (Å²) in [6.07, 6.45) is 0. The van der Waals surface area contributed by atoms with E-state index >= 15 is 0 Å². The lowest BCUT2D eigenvalue weighted by molar-refractivity contribution is -0.384. The fourth-order valence-electron chi connectivity index (χ4n) is 1.46. The molecule has 8 heteroatoms. The number of hydrogen-bond donors (Lipinski definition) is 1. The fourth-order valence-corrected chi connectivity index (χ4v) is 1.77. The quantitative estimate of drug-likeness (QED) is 0.666. The normalized spacial score (nSPS) is 10.2. The molecule has 0 aliphatic rings. The molecule has 1 rings (SSSR count). The Balaban J connectivity index is 3.31. The molecule has 0 unspecified atom stereocenters. The number of hydrogen-bond acceptors (Lipinski definition) is 4. The Morgan fingerprint density at radius 2 is 2.00 bits per heavy atom. The van der Waals surface area contributed by atoms with Gasteiger partial charge in [0.25, 0.3) is 5.69 Å². The predicted octanol–water partition coefficient (Wildman–Crippen LogP) is 2.81. The summed E-state index contributed by atoms with van der Waals surface area (Å²) in [6.45, 7) is 1.63. The summed E-state index contributed by atoms with van der Waals surface area (Å²) in [5.41, 5.74) is -0.133. The highest BCUT2D eigenvalue weighted by atomic mass is 35.5.